The number of rotatable bonds is 5. The molecular weight excluding hydrogens is 454 g/mol. The number of hydrogen-bond donors (Lipinski definition) is 1. The third-order valence-electron chi connectivity index (χ3n) is 3.99. The standard InChI is InChI=1S/C17H13Cl3F3N5O/c1-9-15(20)16(17(21,22)23)26-28(9)8-14(29)24-13-5-6-27(25-13)7-10-11(18)3-2-4-12(10)19/h2-6H,7-8H2,1H3,(H,24,25,29). The van der Waals surface area contributed by atoms with E-state index in [1.165, 1.54) is 17.7 Å². The van der Waals surface area contributed by atoms with E-state index in [0.717, 1.165) is 4.68 Å². The molecule has 0 saturated heterocycles. The van der Waals surface area contributed by atoms with Gasteiger partial charge in [0, 0.05) is 27.9 Å². The predicted molar refractivity (Wildman–Crippen MR) is 103 cm³/mol. The third kappa shape index (κ3) is 4.85. The lowest BCUT2D eigenvalue weighted by Gasteiger charge is -2.07. The zero-order valence-corrected chi connectivity index (χ0v) is 17.0. The molecule has 0 bridgehead atoms. The molecule has 0 unspecified atom stereocenters. The molecule has 3 rings (SSSR count). The van der Waals surface area contributed by atoms with Crippen LogP contribution in [0.2, 0.25) is 15.1 Å². The van der Waals surface area contributed by atoms with Crippen LogP contribution in [0.3, 0.4) is 0 Å². The molecule has 154 valence electrons. The highest BCUT2D eigenvalue weighted by Gasteiger charge is 2.38. The van der Waals surface area contributed by atoms with Crippen LogP contribution in [-0.4, -0.2) is 25.5 Å². The average molecular weight is 467 g/mol. The van der Waals surface area contributed by atoms with Crippen molar-refractivity contribution in [2.24, 2.45) is 0 Å². The second kappa shape index (κ2) is 8.25. The van der Waals surface area contributed by atoms with Crippen LogP contribution in [0.25, 0.3) is 0 Å². The smallest absolute Gasteiger partial charge is 0.308 e. The number of halogens is 6. The van der Waals surface area contributed by atoms with Gasteiger partial charge in [-0.05, 0) is 19.1 Å². The first-order chi connectivity index (χ1) is 13.6. The largest absolute Gasteiger partial charge is 0.436 e. The van der Waals surface area contributed by atoms with Crippen LogP contribution in [0.5, 0.6) is 0 Å². The normalized spacial score (nSPS) is 11.7. The van der Waals surface area contributed by atoms with Crippen molar-refractivity contribution in [3.63, 3.8) is 0 Å². The van der Waals surface area contributed by atoms with E-state index in [1.54, 1.807) is 24.4 Å². The highest BCUT2D eigenvalue weighted by Crippen LogP contribution is 2.35. The predicted octanol–water partition coefficient (Wildman–Crippen LogP) is 5.05. The molecule has 3 aromatic rings. The molecule has 2 aromatic heterocycles. The minimum Gasteiger partial charge on any atom is -0.308 e. The van der Waals surface area contributed by atoms with Crippen molar-refractivity contribution >= 4 is 46.5 Å². The molecular formula is C17H13Cl3F3N5O. The van der Waals surface area contributed by atoms with Gasteiger partial charge in [0.2, 0.25) is 5.91 Å². The van der Waals surface area contributed by atoms with E-state index in [9.17, 15) is 18.0 Å². The monoisotopic (exact) mass is 465 g/mol. The maximum absolute atomic E-state index is 12.9. The van der Waals surface area contributed by atoms with E-state index >= 15 is 0 Å². The molecule has 0 saturated carbocycles. The Bertz CT molecular complexity index is 1040. The molecule has 1 N–H and O–H groups in total. The van der Waals surface area contributed by atoms with Gasteiger partial charge in [-0.2, -0.15) is 23.4 Å². The molecule has 0 spiro atoms. The molecule has 0 aliphatic carbocycles. The molecule has 29 heavy (non-hydrogen) atoms. The first-order valence-electron chi connectivity index (χ1n) is 8.12. The lowest BCUT2D eigenvalue weighted by molar-refractivity contribution is -0.141. The van der Waals surface area contributed by atoms with Gasteiger partial charge in [0.25, 0.3) is 0 Å². The summed E-state index contributed by atoms with van der Waals surface area (Å²) in [5.41, 5.74) is -0.531. The zero-order valence-electron chi connectivity index (χ0n) is 14.8. The molecule has 0 aliphatic heterocycles. The first-order valence-corrected chi connectivity index (χ1v) is 9.26. The summed E-state index contributed by atoms with van der Waals surface area (Å²) in [6.45, 7) is 1.17. The number of hydrogen-bond acceptors (Lipinski definition) is 3. The molecule has 0 fully saturated rings. The number of aromatic nitrogens is 4. The number of nitrogens with one attached hydrogen (secondary N) is 1. The van der Waals surface area contributed by atoms with Crippen molar-refractivity contribution in [3.05, 3.63) is 62.5 Å². The number of carbonyl (C=O) groups excluding carboxylic acids is 1. The quantitative estimate of drug-likeness (QED) is 0.572. The summed E-state index contributed by atoms with van der Waals surface area (Å²) in [5, 5.41) is 10.5. The maximum Gasteiger partial charge on any atom is 0.436 e. The molecule has 6 nitrogen and oxygen atoms in total. The van der Waals surface area contributed by atoms with Crippen LogP contribution in [-0.2, 0) is 24.1 Å². The number of benzene rings is 1. The summed E-state index contributed by atoms with van der Waals surface area (Å²) in [4.78, 5) is 12.2. The first kappa shape index (κ1) is 21.5. The van der Waals surface area contributed by atoms with Gasteiger partial charge in [0.1, 0.15) is 6.54 Å². The topological polar surface area (TPSA) is 64.7 Å². The van der Waals surface area contributed by atoms with Gasteiger partial charge in [-0.3, -0.25) is 14.2 Å². The molecule has 12 heteroatoms. The average Bonchev–Trinajstić information content (AvgIpc) is 3.17. The van der Waals surface area contributed by atoms with Crippen molar-refractivity contribution in [1.82, 2.24) is 19.6 Å². The molecule has 0 radical (unpaired) electrons. The van der Waals surface area contributed by atoms with Crippen LogP contribution in [0, 0.1) is 6.92 Å². The van der Waals surface area contributed by atoms with E-state index in [1.807, 2.05) is 0 Å². The Labute approximate surface area is 178 Å². The van der Waals surface area contributed by atoms with Crippen molar-refractivity contribution in [1.29, 1.82) is 0 Å². The van der Waals surface area contributed by atoms with Crippen LogP contribution in [0.4, 0.5) is 19.0 Å². The van der Waals surface area contributed by atoms with Crippen LogP contribution >= 0.6 is 34.8 Å². The van der Waals surface area contributed by atoms with Crippen molar-refractivity contribution in [2.45, 2.75) is 26.2 Å². The Morgan fingerprint density at radius 3 is 2.38 bits per heavy atom. The number of anilines is 1. The molecule has 0 aliphatic rings. The Morgan fingerprint density at radius 1 is 1.14 bits per heavy atom. The molecule has 0 atom stereocenters. The molecule has 2 heterocycles. The van der Waals surface area contributed by atoms with Crippen LogP contribution in [0.15, 0.2) is 30.5 Å². The second-order valence-electron chi connectivity index (χ2n) is 6.05. The SMILES string of the molecule is Cc1c(Cl)c(C(F)(F)F)nn1CC(=O)Nc1ccn(Cc2c(Cl)cccc2Cl)n1. The lowest BCUT2D eigenvalue weighted by atomic mass is 10.2. The van der Waals surface area contributed by atoms with E-state index in [-0.39, 0.29) is 18.1 Å². The minimum absolute atomic E-state index is 0.0352. The van der Waals surface area contributed by atoms with Crippen molar-refractivity contribution in [3.8, 4) is 0 Å². The summed E-state index contributed by atoms with van der Waals surface area (Å²) in [5.74, 6) is -0.396. The maximum atomic E-state index is 12.9. The van der Waals surface area contributed by atoms with E-state index in [4.69, 9.17) is 34.8 Å². The zero-order chi connectivity index (χ0) is 21.3. The minimum atomic E-state index is -4.71. The number of nitrogens with zero attached hydrogens (tertiary/aromatic N) is 4. The van der Waals surface area contributed by atoms with Gasteiger partial charge in [-0.25, -0.2) is 0 Å². The summed E-state index contributed by atoms with van der Waals surface area (Å²) in [6, 6.07) is 6.65. The van der Waals surface area contributed by atoms with Crippen molar-refractivity contribution < 1.29 is 18.0 Å². The fourth-order valence-corrected chi connectivity index (χ4v) is 3.30. The number of amides is 1. The Kier molecular flexibility index (Phi) is 6.11. The number of alkyl halides is 3. The summed E-state index contributed by atoms with van der Waals surface area (Å²) in [6.07, 6.45) is -3.10. The van der Waals surface area contributed by atoms with Gasteiger partial charge < -0.3 is 5.32 Å². The molecule has 1 aromatic carbocycles. The van der Waals surface area contributed by atoms with Gasteiger partial charge in [0.15, 0.2) is 11.5 Å². The van der Waals surface area contributed by atoms with Crippen molar-refractivity contribution in [2.75, 3.05) is 5.32 Å². The summed E-state index contributed by atoms with van der Waals surface area (Å²) >= 11 is 17.9. The summed E-state index contributed by atoms with van der Waals surface area (Å²) < 4.78 is 41.0. The Hall–Kier alpha value is -2.23. The lowest BCUT2D eigenvalue weighted by Crippen LogP contribution is -2.21. The van der Waals surface area contributed by atoms with E-state index < -0.39 is 29.3 Å². The van der Waals surface area contributed by atoms with E-state index in [2.05, 4.69) is 15.5 Å². The number of carbonyl (C=O) groups is 1. The van der Waals surface area contributed by atoms with Gasteiger partial charge in [-0.15, -0.1) is 0 Å². The van der Waals surface area contributed by atoms with Gasteiger partial charge in [-0.1, -0.05) is 40.9 Å². The summed E-state index contributed by atoms with van der Waals surface area (Å²) in [7, 11) is 0. The Balaban J connectivity index is 1.68. The van der Waals surface area contributed by atoms with Crippen LogP contribution in [0.1, 0.15) is 17.0 Å². The van der Waals surface area contributed by atoms with Crippen LogP contribution < -0.4 is 5.32 Å². The fraction of sp³-hybridized carbons (Fsp3) is 0.235. The highest BCUT2D eigenvalue weighted by molar-refractivity contribution is 6.36. The fourth-order valence-electron chi connectivity index (χ4n) is 2.54. The van der Waals surface area contributed by atoms with Gasteiger partial charge in [0.05, 0.1) is 17.3 Å². The second-order valence-corrected chi connectivity index (χ2v) is 7.24. The highest BCUT2D eigenvalue weighted by atomic mass is 35.5. The third-order valence-corrected chi connectivity index (χ3v) is 5.15. The molecule has 1 amide bonds. The Morgan fingerprint density at radius 2 is 1.79 bits per heavy atom. The van der Waals surface area contributed by atoms with E-state index in [0.29, 0.717) is 15.6 Å². The van der Waals surface area contributed by atoms with Gasteiger partial charge >= 0.3 is 6.18 Å².